The van der Waals surface area contributed by atoms with Crippen molar-refractivity contribution in [1.82, 2.24) is 4.90 Å². The molecule has 0 spiro atoms. The van der Waals surface area contributed by atoms with Crippen LogP contribution in [0.25, 0.3) is 0 Å². The van der Waals surface area contributed by atoms with Gasteiger partial charge in [-0.2, -0.15) is 11.8 Å². The molecule has 0 bridgehead atoms. The van der Waals surface area contributed by atoms with Crippen LogP contribution in [0.1, 0.15) is 0 Å². The minimum Gasteiger partial charge on any atom is -0.338 e. The third kappa shape index (κ3) is 1.69. The van der Waals surface area contributed by atoms with E-state index in [4.69, 9.17) is 9.78 Å². The third-order valence-electron chi connectivity index (χ3n) is 1.83. The molecular formula is C8H11NO2S. The van der Waals surface area contributed by atoms with Gasteiger partial charge in [0, 0.05) is 30.7 Å². The maximum atomic E-state index is 5.01. The lowest BCUT2D eigenvalue weighted by molar-refractivity contribution is -0.234. The molecule has 2 aliphatic heterocycles. The number of rotatable bonds is 1. The molecule has 12 heavy (non-hydrogen) atoms. The maximum absolute atomic E-state index is 5.01. The summed E-state index contributed by atoms with van der Waals surface area (Å²) in [6, 6.07) is 0. The van der Waals surface area contributed by atoms with Crippen LogP contribution in [0.5, 0.6) is 0 Å². The highest BCUT2D eigenvalue weighted by molar-refractivity contribution is 7.99. The zero-order valence-electron chi connectivity index (χ0n) is 6.73. The predicted molar refractivity (Wildman–Crippen MR) is 48.3 cm³/mol. The molecule has 1 saturated heterocycles. The Hall–Kier alpha value is -0.770. The van der Waals surface area contributed by atoms with Crippen LogP contribution in [0.15, 0.2) is 24.3 Å². The zero-order valence-corrected chi connectivity index (χ0v) is 7.55. The minimum atomic E-state index is 0.831. The van der Waals surface area contributed by atoms with Gasteiger partial charge in [0.2, 0.25) is 5.88 Å². The van der Waals surface area contributed by atoms with Gasteiger partial charge in [0.1, 0.15) is 6.26 Å². The van der Waals surface area contributed by atoms with Crippen LogP contribution in [0.4, 0.5) is 0 Å². The molecule has 0 aromatic heterocycles. The van der Waals surface area contributed by atoms with Gasteiger partial charge in [-0.1, -0.05) is 0 Å². The Labute approximate surface area is 75.9 Å². The van der Waals surface area contributed by atoms with E-state index in [0.29, 0.717) is 0 Å². The van der Waals surface area contributed by atoms with Crippen LogP contribution >= 0.6 is 11.8 Å². The van der Waals surface area contributed by atoms with Crippen molar-refractivity contribution in [3.05, 3.63) is 24.3 Å². The Bertz CT molecular complexity index is 209. The molecule has 0 amide bonds. The molecule has 4 heteroatoms. The lowest BCUT2D eigenvalue weighted by atomic mass is 10.4. The van der Waals surface area contributed by atoms with Crippen molar-refractivity contribution in [2.24, 2.45) is 0 Å². The van der Waals surface area contributed by atoms with E-state index in [0.717, 1.165) is 19.0 Å². The van der Waals surface area contributed by atoms with Gasteiger partial charge in [0.25, 0.3) is 0 Å². The third-order valence-corrected chi connectivity index (χ3v) is 2.77. The molecule has 0 aliphatic carbocycles. The molecule has 0 radical (unpaired) electrons. The molecule has 2 rings (SSSR count). The standard InChI is InChI=1S/C8H11NO2S/c1-2-8(11-10-5-1)9-3-6-12-7-4-9/h1-2,5H,3-4,6-7H2. The van der Waals surface area contributed by atoms with Crippen molar-refractivity contribution in [3.8, 4) is 0 Å². The summed E-state index contributed by atoms with van der Waals surface area (Å²) < 4.78 is 0. The Balaban J connectivity index is 1.97. The molecular weight excluding hydrogens is 174 g/mol. The fraction of sp³-hybridized carbons (Fsp3) is 0.500. The Morgan fingerprint density at radius 2 is 2.17 bits per heavy atom. The number of nitrogens with zero attached hydrogens (tertiary/aromatic N) is 1. The van der Waals surface area contributed by atoms with E-state index >= 15 is 0 Å². The molecule has 0 saturated carbocycles. The SMILES string of the molecule is C1=COOC(N2CCSCC2)=C1. The maximum Gasteiger partial charge on any atom is 0.246 e. The van der Waals surface area contributed by atoms with Gasteiger partial charge in [-0.05, 0) is 6.08 Å². The molecule has 2 heterocycles. The second-order valence-corrected chi connectivity index (χ2v) is 3.84. The van der Waals surface area contributed by atoms with Crippen molar-refractivity contribution in [1.29, 1.82) is 0 Å². The Kier molecular flexibility index (Phi) is 2.46. The molecule has 3 nitrogen and oxygen atoms in total. The van der Waals surface area contributed by atoms with E-state index in [2.05, 4.69) is 4.90 Å². The van der Waals surface area contributed by atoms with Crippen LogP contribution < -0.4 is 0 Å². The molecule has 0 atom stereocenters. The highest BCUT2D eigenvalue weighted by Gasteiger charge is 2.16. The first-order valence-corrected chi connectivity index (χ1v) is 5.15. The normalized spacial score (nSPS) is 22.7. The second kappa shape index (κ2) is 3.76. The highest BCUT2D eigenvalue weighted by Crippen LogP contribution is 2.17. The average Bonchev–Trinajstić information content (AvgIpc) is 2.21. The van der Waals surface area contributed by atoms with Gasteiger partial charge in [-0.25, -0.2) is 0 Å². The van der Waals surface area contributed by atoms with Crippen molar-refractivity contribution in [2.45, 2.75) is 0 Å². The number of hydrogen-bond acceptors (Lipinski definition) is 4. The van der Waals surface area contributed by atoms with E-state index < -0.39 is 0 Å². The van der Waals surface area contributed by atoms with E-state index in [-0.39, 0.29) is 0 Å². The summed E-state index contributed by atoms with van der Waals surface area (Å²) in [7, 11) is 0. The summed E-state index contributed by atoms with van der Waals surface area (Å²) in [4.78, 5) is 11.9. The summed E-state index contributed by atoms with van der Waals surface area (Å²) >= 11 is 1.98. The molecule has 0 aromatic rings. The van der Waals surface area contributed by atoms with Crippen LogP contribution in [0.3, 0.4) is 0 Å². The largest absolute Gasteiger partial charge is 0.338 e. The van der Waals surface area contributed by atoms with Crippen LogP contribution in [-0.2, 0) is 9.78 Å². The number of hydrogen-bond donors (Lipinski definition) is 0. The van der Waals surface area contributed by atoms with Gasteiger partial charge >= 0.3 is 0 Å². The van der Waals surface area contributed by atoms with Gasteiger partial charge in [0.05, 0.1) is 0 Å². The fourth-order valence-corrected chi connectivity index (χ4v) is 2.10. The van der Waals surface area contributed by atoms with Crippen molar-refractivity contribution >= 4 is 11.8 Å². The molecule has 0 aromatic carbocycles. The predicted octanol–water partition coefficient (Wildman–Crippen LogP) is 1.35. The first-order valence-electron chi connectivity index (χ1n) is 4.00. The second-order valence-electron chi connectivity index (χ2n) is 2.61. The summed E-state index contributed by atoms with van der Waals surface area (Å²) in [5.74, 6) is 3.17. The van der Waals surface area contributed by atoms with E-state index in [1.54, 1.807) is 0 Å². The lowest BCUT2D eigenvalue weighted by Gasteiger charge is -2.29. The van der Waals surface area contributed by atoms with Gasteiger partial charge in [-0.3, -0.25) is 9.78 Å². The summed E-state index contributed by atoms with van der Waals surface area (Å²) in [6.07, 6.45) is 5.31. The van der Waals surface area contributed by atoms with Crippen LogP contribution in [0, 0.1) is 0 Å². The van der Waals surface area contributed by atoms with E-state index in [9.17, 15) is 0 Å². The quantitative estimate of drug-likeness (QED) is 0.575. The van der Waals surface area contributed by atoms with Gasteiger partial charge in [0.15, 0.2) is 0 Å². The van der Waals surface area contributed by atoms with Crippen molar-refractivity contribution in [3.63, 3.8) is 0 Å². The molecule has 66 valence electrons. The van der Waals surface area contributed by atoms with E-state index in [1.165, 1.54) is 17.8 Å². The van der Waals surface area contributed by atoms with Crippen LogP contribution in [-0.4, -0.2) is 29.5 Å². The minimum absolute atomic E-state index is 0.831. The zero-order chi connectivity index (χ0) is 8.23. The molecule has 1 fully saturated rings. The molecule has 0 N–H and O–H groups in total. The Morgan fingerprint density at radius 1 is 1.33 bits per heavy atom. The Morgan fingerprint density at radius 3 is 2.83 bits per heavy atom. The molecule has 0 unspecified atom stereocenters. The summed E-state index contributed by atoms with van der Waals surface area (Å²) in [6.45, 7) is 2.10. The van der Waals surface area contributed by atoms with Crippen molar-refractivity contribution < 1.29 is 9.78 Å². The monoisotopic (exact) mass is 185 g/mol. The molecule has 2 aliphatic rings. The topological polar surface area (TPSA) is 21.7 Å². The fourth-order valence-electron chi connectivity index (χ4n) is 1.20. The van der Waals surface area contributed by atoms with E-state index in [1.807, 2.05) is 23.9 Å². The lowest BCUT2D eigenvalue weighted by Crippen LogP contribution is -2.33. The number of thioether (sulfide) groups is 1. The number of allylic oxidation sites excluding steroid dienone is 2. The smallest absolute Gasteiger partial charge is 0.246 e. The van der Waals surface area contributed by atoms with Gasteiger partial charge < -0.3 is 4.90 Å². The summed E-state index contributed by atoms with van der Waals surface area (Å²) in [5.41, 5.74) is 0. The highest BCUT2D eigenvalue weighted by atomic mass is 32.2. The first-order chi connectivity index (χ1) is 5.97. The van der Waals surface area contributed by atoms with Gasteiger partial charge in [-0.15, -0.1) is 0 Å². The average molecular weight is 185 g/mol. The van der Waals surface area contributed by atoms with Crippen molar-refractivity contribution in [2.75, 3.05) is 24.6 Å². The first kappa shape index (κ1) is 7.86. The van der Waals surface area contributed by atoms with Crippen LogP contribution in [0.2, 0.25) is 0 Å². The summed E-state index contributed by atoms with van der Waals surface area (Å²) in [5, 5.41) is 0.